The molecule has 1 aliphatic rings. The van der Waals surface area contributed by atoms with Gasteiger partial charge in [0.25, 0.3) is 0 Å². The molecule has 5 heteroatoms. The average Bonchev–Trinajstić information content (AvgIpc) is 2.32. The Hall–Kier alpha value is -0.200. The molecule has 0 aromatic carbocycles. The second-order valence-corrected chi connectivity index (χ2v) is 5.01. The van der Waals surface area contributed by atoms with Crippen LogP contribution in [0.15, 0.2) is 0 Å². The molecule has 18 heavy (non-hydrogen) atoms. The van der Waals surface area contributed by atoms with Gasteiger partial charge < -0.3 is 24.1 Å². The van der Waals surface area contributed by atoms with Crippen molar-refractivity contribution in [2.45, 2.75) is 38.6 Å². The fourth-order valence-corrected chi connectivity index (χ4v) is 1.78. The molecular formula is C13H26O5. The van der Waals surface area contributed by atoms with Crippen molar-refractivity contribution >= 4 is 0 Å². The third kappa shape index (κ3) is 5.63. The molecule has 0 spiro atoms. The molecule has 108 valence electrons. The highest BCUT2D eigenvalue weighted by Crippen LogP contribution is 2.27. The highest BCUT2D eigenvalue weighted by Gasteiger charge is 2.41. The number of rotatable bonds is 10. The summed E-state index contributed by atoms with van der Waals surface area (Å²) in [6.45, 7) is 7.15. The van der Waals surface area contributed by atoms with Crippen LogP contribution in [0.5, 0.6) is 0 Å². The molecule has 5 nitrogen and oxygen atoms in total. The Kier molecular flexibility index (Phi) is 7.77. The topological polar surface area (TPSA) is 57.2 Å². The molecule has 0 bridgehead atoms. The molecular weight excluding hydrogens is 236 g/mol. The molecule has 0 saturated heterocycles. The minimum absolute atomic E-state index is 0.0143. The van der Waals surface area contributed by atoms with Crippen LogP contribution in [0.1, 0.15) is 20.3 Å². The van der Waals surface area contributed by atoms with E-state index in [1.807, 2.05) is 0 Å². The molecule has 3 unspecified atom stereocenters. The van der Waals surface area contributed by atoms with Crippen molar-refractivity contribution in [3.05, 3.63) is 0 Å². The zero-order valence-corrected chi connectivity index (χ0v) is 11.6. The smallest absolute Gasteiger partial charge is 0.110 e. The first-order valence-electron chi connectivity index (χ1n) is 6.63. The van der Waals surface area contributed by atoms with Gasteiger partial charge in [-0.1, -0.05) is 13.8 Å². The molecule has 0 amide bonds. The van der Waals surface area contributed by atoms with Crippen molar-refractivity contribution in [3.8, 4) is 0 Å². The Bertz CT molecular complexity index is 210. The van der Waals surface area contributed by atoms with Crippen LogP contribution in [0.4, 0.5) is 0 Å². The van der Waals surface area contributed by atoms with E-state index in [-0.39, 0.29) is 12.2 Å². The standard InChI is InChI=1S/C13H26O5/c1-10(2)9-16-5-7-17-12-8-11(14)13(12)18-6-4-15-3/h10-14H,4-9H2,1-3H3. The fraction of sp³-hybridized carbons (Fsp3) is 1.00. The van der Waals surface area contributed by atoms with Crippen LogP contribution in [0, 0.1) is 5.92 Å². The van der Waals surface area contributed by atoms with E-state index in [4.69, 9.17) is 18.9 Å². The molecule has 0 aromatic rings. The number of hydrogen-bond donors (Lipinski definition) is 1. The van der Waals surface area contributed by atoms with E-state index in [0.29, 0.717) is 38.8 Å². The van der Waals surface area contributed by atoms with Crippen molar-refractivity contribution in [1.82, 2.24) is 0 Å². The van der Waals surface area contributed by atoms with Crippen LogP contribution in [0.2, 0.25) is 0 Å². The van der Waals surface area contributed by atoms with Gasteiger partial charge in [0.2, 0.25) is 0 Å². The van der Waals surface area contributed by atoms with Crippen LogP contribution >= 0.6 is 0 Å². The van der Waals surface area contributed by atoms with Gasteiger partial charge in [0.05, 0.1) is 38.6 Å². The van der Waals surface area contributed by atoms with E-state index < -0.39 is 6.10 Å². The van der Waals surface area contributed by atoms with Gasteiger partial charge in [-0.3, -0.25) is 0 Å². The van der Waals surface area contributed by atoms with Gasteiger partial charge in [-0.2, -0.15) is 0 Å². The lowest BCUT2D eigenvalue weighted by molar-refractivity contribution is -0.198. The van der Waals surface area contributed by atoms with Crippen LogP contribution in [0.3, 0.4) is 0 Å². The first-order valence-corrected chi connectivity index (χ1v) is 6.63. The van der Waals surface area contributed by atoms with Crippen molar-refractivity contribution in [3.63, 3.8) is 0 Å². The van der Waals surface area contributed by atoms with E-state index in [1.54, 1.807) is 7.11 Å². The minimum atomic E-state index is -0.413. The maximum Gasteiger partial charge on any atom is 0.110 e. The third-order valence-electron chi connectivity index (χ3n) is 2.83. The summed E-state index contributed by atoms with van der Waals surface area (Å²) in [6.07, 6.45) is -0.00449. The van der Waals surface area contributed by atoms with Crippen molar-refractivity contribution in [1.29, 1.82) is 0 Å². The maximum atomic E-state index is 9.58. The summed E-state index contributed by atoms with van der Waals surface area (Å²) >= 11 is 0. The van der Waals surface area contributed by atoms with Gasteiger partial charge in [-0.05, 0) is 5.92 Å². The second-order valence-electron chi connectivity index (χ2n) is 5.01. The zero-order valence-electron chi connectivity index (χ0n) is 11.6. The summed E-state index contributed by atoms with van der Waals surface area (Å²) in [6, 6.07) is 0. The Morgan fingerprint density at radius 2 is 1.83 bits per heavy atom. The molecule has 3 atom stereocenters. The zero-order chi connectivity index (χ0) is 13.4. The van der Waals surface area contributed by atoms with Crippen molar-refractivity contribution in [2.75, 3.05) is 40.1 Å². The lowest BCUT2D eigenvalue weighted by Gasteiger charge is -2.40. The van der Waals surface area contributed by atoms with Crippen molar-refractivity contribution < 1.29 is 24.1 Å². The lowest BCUT2D eigenvalue weighted by Crippen LogP contribution is -2.54. The van der Waals surface area contributed by atoms with E-state index in [1.165, 1.54) is 0 Å². The summed E-state index contributed by atoms with van der Waals surface area (Å²) in [7, 11) is 1.63. The SMILES string of the molecule is COCCOC1C(O)CC1OCCOCC(C)C. The van der Waals surface area contributed by atoms with E-state index in [0.717, 1.165) is 6.61 Å². The summed E-state index contributed by atoms with van der Waals surface area (Å²) in [4.78, 5) is 0. The molecule has 1 N–H and O–H groups in total. The Balaban J connectivity index is 2.03. The monoisotopic (exact) mass is 262 g/mol. The summed E-state index contributed by atoms with van der Waals surface area (Å²) < 4.78 is 21.4. The molecule has 1 fully saturated rings. The third-order valence-corrected chi connectivity index (χ3v) is 2.83. The van der Waals surface area contributed by atoms with Crippen LogP contribution < -0.4 is 0 Å². The lowest BCUT2D eigenvalue weighted by atomic mass is 9.88. The summed E-state index contributed by atoms with van der Waals surface area (Å²) in [5.41, 5.74) is 0. The van der Waals surface area contributed by atoms with Crippen LogP contribution in [-0.4, -0.2) is 63.6 Å². The van der Waals surface area contributed by atoms with E-state index in [2.05, 4.69) is 13.8 Å². The molecule has 1 saturated carbocycles. The Morgan fingerprint density at radius 1 is 1.11 bits per heavy atom. The van der Waals surface area contributed by atoms with E-state index in [9.17, 15) is 5.11 Å². The van der Waals surface area contributed by atoms with Crippen LogP contribution in [0.25, 0.3) is 0 Å². The number of ether oxygens (including phenoxy) is 4. The molecule has 1 rings (SSSR count). The van der Waals surface area contributed by atoms with Gasteiger partial charge in [-0.25, -0.2) is 0 Å². The second kappa shape index (κ2) is 8.82. The van der Waals surface area contributed by atoms with E-state index >= 15 is 0 Å². The molecule has 0 heterocycles. The fourth-order valence-electron chi connectivity index (χ4n) is 1.78. The summed E-state index contributed by atoms with van der Waals surface area (Å²) in [5, 5.41) is 9.58. The number of aliphatic hydroxyl groups is 1. The van der Waals surface area contributed by atoms with Gasteiger partial charge >= 0.3 is 0 Å². The highest BCUT2D eigenvalue weighted by atomic mass is 16.6. The van der Waals surface area contributed by atoms with Gasteiger partial charge in [0.15, 0.2) is 0 Å². The van der Waals surface area contributed by atoms with Gasteiger partial charge in [0, 0.05) is 20.1 Å². The van der Waals surface area contributed by atoms with Gasteiger partial charge in [0.1, 0.15) is 6.10 Å². The maximum absolute atomic E-state index is 9.58. The number of aliphatic hydroxyl groups excluding tert-OH is 1. The average molecular weight is 262 g/mol. The van der Waals surface area contributed by atoms with Crippen molar-refractivity contribution in [2.24, 2.45) is 5.92 Å². The van der Waals surface area contributed by atoms with Crippen LogP contribution in [-0.2, 0) is 18.9 Å². The van der Waals surface area contributed by atoms with Gasteiger partial charge in [-0.15, -0.1) is 0 Å². The Labute approximate surface area is 109 Å². The number of hydrogen-bond acceptors (Lipinski definition) is 5. The molecule has 1 aliphatic carbocycles. The number of methoxy groups -OCH3 is 1. The molecule has 0 aliphatic heterocycles. The summed E-state index contributed by atoms with van der Waals surface area (Å²) in [5.74, 6) is 0.542. The predicted molar refractivity (Wildman–Crippen MR) is 67.6 cm³/mol. The first-order chi connectivity index (χ1) is 8.65. The largest absolute Gasteiger partial charge is 0.390 e. The molecule has 0 radical (unpaired) electrons. The first kappa shape index (κ1) is 15.9. The highest BCUT2D eigenvalue weighted by molar-refractivity contribution is 4.91. The quantitative estimate of drug-likeness (QED) is 0.591. The minimum Gasteiger partial charge on any atom is -0.390 e. The Morgan fingerprint density at radius 3 is 2.44 bits per heavy atom. The normalized spacial score (nSPS) is 27.5. The molecule has 0 aromatic heterocycles. The predicted octanol–water partition coefficient (Wildman–Crippen LogP) is 0.840.